The van der Waals surface area contributed by atoms with Crippen LogP contribution in [0.4, 0.5) is 8.78 Å². The Kier molecular flexibility index (Phi) is 5.02. The lowest BCUT2D eigenvalue weighted by atomic mass is 10.1. The third-order valence-electron chi connectivity index (χ3n) is 2.84. The summed E-state index contributed by atoms with van der Waals surface area (Å²) in [5.41, 5.74) is 6.89. The Hall–Kier alpha value is -1.10. The second-order valence-corrected chi connectivity index (χ2v) is 6.12. The van der Waals surface area contributed by atoms with Crippen molar-refractivity contribution in [1.82, 2.24) is 0 Å². The molecule has 2 rings (SSSR count). The van der Waals surface area contributed by atoms with Gasteiger partial charge in [-0.2, -0.15) is 0 Å². The van der Waals surface area contributed by atoms with Gasteiger partial charge in [-0.05, 0) is 36.8 Å². The van der Waals surface area contributed by atoms with Crippen LogP contribution in [0.3, 0.4) is 0 Å². The fourth-order valence-corrected chi connectivity index (χ4v) is 3.33. The molecule has 20 heavy (non-hydrogen) atoms. The molecule has 2 unspecified atom stereocenters. The van der Waals surface area contributed by atoms with Crippen molar-refractivity contribution in [1.29, 1.82) is 0 Å². The van der Waals surface area contributed by atoms with E-state index in [2.05, 4.69) is 0 Å². The van der Waals surface area contributed by atoms with E-state index in [4.69, 9.17) is 17.3 Å². The minimum Gasteiger partial charge on any atom is -0.327 e. The second-order valence-electron chi connectivity index (χ2n) is 4.49. The summed E-state index contributed by atoms with van der Waals surface area (Å²) in [5.74, 6) is -1.72. The lowest BCUT2D eigenvalue weighted by Gasteiger charge is -2.22. The van der Waals surface area contributed by atoms with E-state index >= 15 is 0 Å². The zero-order chi connectivity index (χ0) is 14.7. The van der Waals surface area contributed by atoms with Gasteiger partial charge in [-0.3, -0.25) is 0 Å². The van der Waals surface area contributed by atoms with Crippen LogP contribution in [0.2, 0.25) is 5.02 Å². The van der Waals surface area contributed by atoms with Crippen molar-refractivity contribution in [3.05, 3.63) is 64.7 Å². The first kappa shape index (κ1) is 15.3. The molecule has 106 valence electrons. The molecule has 0 aliphatic carbocycles. The average molecular weight is 314 g/mol. The van der Waals surface area contributed by atoms with Gasteiger partial charge in [-0.15, -0.1) is 11.8 Å². The van der Waals surface area contributed by atoms with Crippen molar-refractivity contribution in [2.45, 2.75) is 23.1 Å². The fourth-order valence-electron chi connectivity index (χ4n) is 1.86. The maximum Gasteiger partial charge on any atom is 0.159 e. The Bertz CT molecular complexity index is 604. The van der Waals surface area contributed by atoms with E-state index < -0.39 is 11.6 Å². The van der Waals surface area contributed by atoms with Gasteiger partial charge in [0.05, 0.1) is 5.25 Å². The molecule has 2 aromatic carbocycles. The van der Waals surface area contributed by atoms with Crippen LogP contribution in [0, 0.1) is 11.6 Å². The summed E-state index contributed by atoms with van der Waals surface area (Å²) < 4.78 is 26.2. The maximum absolute atomic E-state index is 13.3. The van der Waals surface area contributed by atoms with Crippen molar-refractivity contribution < 1.29 is 8.78 Å². The molecule has 2 N–H and O–H groups in total. The number of thioether (sulfide) groups is 1. The van der Waals surface area contributed by atoms with Gasteiger partial charge in [-0.1, -0.05) is 29.8 Å². The number of nitrogens with two attached hydrogens (primary N) is 1. The topological polar surface area (TPSA) is 26.0 Å². The molecular weight excluding hydrogens is 300 g/mol. The SMILES string of the molecule is CC(N)C(Sc1ccc(F)c(F)c1)c1ccccc1Cl. The number of rotatable bonds is 4. The Morgan fingerprint density at radius 3 is 2.40 bits per heavy atom. The number of hydrogen-bond acceptors (Lipinski definition) is 2. The summed E-state index contributed by atoms with van der Waals surface area (Å²) in [6, 6.07) is 11.0. The van der Waals surface area contributed by atoms with E-state index in [0.29, 0.717) is 9.92 Å². The van der Waals surface area contributed by atoms with Crippen LogP contribution in [0.5, 0.6) is 0 Å². The van der Waals surface area contributed by atoms with Gasteiger partial charge in [-0.25, -0.2) is 8.78 Å². The van der Waals surface area contributed by atoms with Crippen molar-refractivity contribution in [2.24, 2.45) is 5.73 Å². The zero-order valence-electron chi connectivity index (χ0n) is 10.8. The van der Waals surface area contributed by atoms with Crippen LogP contribution in [-0.4, -0.2) is 6.04 Å². The highest BCUT2D eigenvalue weighted by atomic mass is 35.5. The highest BCUT2D eigenvalue weighted by molar-refractivity contribution is 7.99. The summed E-state index contributed by atoms with van der Waals surface area (Å²) in [7, 11) is 0. The Balaban J connectivity index is 2.31. The van der Waals surface area contributed by atoms with Crippen molar-refractivity contribution >= 4 is 23.4 Å². The average Bonchev–Trinajstić information content (AvgIpc) is 2.41. The normalized spacial score (nSPS) is 14.1. The Morgan fingerprint density at radius 2 is 1.80 bits per heavy atom. The summed E-state index contributed by atoms with van der Waals surface area (Å²) in [5, 5.41) is 0.485. The minimum absolute atomic E-state index is 0.131. The maximum atomic E-state index is 13.3. The molecule has 2 atom stereocenters. The quantitative estimate of drug-likeness (QED) is 0.821. The van der Waals surface area contributed by atoms with E-state index in [1.807, 2.05) is 25.1 Å². The zero-order valence-corrected chi connectivity index (χ0v) is 12.4. The largest absolute Gasteiger partial charge is 0.327 e. The Labute approximate surface area is 126 Å². The smallest absolute Gasteiger partial charge is 0.159 e. The molecule has 0 bridgehead atoms. The highest BCUT2D eigenvalue weighted by Crippen LogP contribution is 2.40. The second kappa shape index (κ2) is 6.57. The monoisotopic (exact) mass is 313 g/mol. The van der Waals surface area contributed by atoms with E-state index in [-0.39, 0.29) is 11.3 Å². The van der Waals surface area contributed by atoms with Crippen LogP contribution >= 0.6 is 23.4 Å². The van der Waals surface area contributed by atoms with Crippen LogP contribution in [0.15, 0.2) is 47.4 Å². The molecule has 0 saturated carbocycles. The summed E-state index contributed by atoms with van der Waals surface area (Å²) in [4.78, 5) is 0.617. The molecule has 0 aromatic heterocycles. The summed E-state index contributed by atoms with van der Waals surface area (Å²) in [6.45, 7) is 1.86. The molecule has 0 fully saturated rings. The highest BCUT2D eigenvalue weighted by Gasteiger charge is 2.20. The van der Waals surface area contributed by atoms with Gasteiger partial charge in [0.2, 0.25) is 0 Å². The predicted molar refractivity (Wildman–Crippen MR) is 80.1 cm³/mol. The Morgan fingerprint density at radius 1 is 1.10 bits per heavy atom. The van der Waals surface area contributed by atoms with Gasteiger partial charge in [0, 0.05) is 16.0 Å². The predicted octanol–water partition coefficient (Wildman–Crippen LogP) is 4.80. The van der Waals surface area contributed by atoms with Crippen LogP contribution in [0.25, 0.3) is 0 Å². The minimum atomic E-state index is -0.863. The molecule has 0 aliphatic heterocycles. The number of hydrogen-bond donors (Lipinski definition) is 1. The summed E-state index contributed by atoms with van der Waals surface area (Å²) in [6.07, 6.45) is 0. The lowest BCUT2D eigenvalue weighted by molar-refractivity contribution is 0.506. The number of halogens is 3. The van der Waals surface area contributed by atoms with E-state index in [1.54, 1.807) is 6.07 Å². The van der Waals surface area contributed by atoms with E-state index in [1.165, 1.54) is 23.9 Å². The summed E-state index contributed by atoms with van der Waals surface area (Å²) >= 11 is 7.55. The van der Waals surface area contributed by atoms with Crippen LogP contribution < -0.4 is 5.73 Å². The van der Waals surface area contributed by atoms with Gasteiger partial charge in [0.1, 0.15) is 0 Å². The standard InChI is InChI=1S/C15H14ClF2NS/c1-9(19)15(11-4-2-3-5-12(11)16)20-10-6-7-13(17)14(18)8-10/h2-9,15H,19H2,1H3. The molecular formula is C15H14ClF2NS. The van der Waals surface area contributed by atoms with Gasteiger partial charge in [0.15, 0.2) is 11.6 Å². The number of benzene rings is 2. The molecule has 0 radical (unpaired) electrons. The first-order chi connectivity index (χ1) is 9.49. The third-order valence-corrected chi connectivity index (χ3v) is 4.65. The van der Waals surface area contributed by atoms with E-state index in [9.17, 15) is 8.78 Å². The van der Waals surface area contributed by atoms with Gasteiger partial charge >= 0.3 is 0 Å². The van der Waals surface area contributed by atoms with Crippen molar-refractivity contribution in [3.63, 3.8) is 0 Å². The molecule has 0 aliphatic rings. The first-order valence-electron chi connectivity index (χ1n) is 6.10. The van der Waals surface area contributed by atoms with E-state index in [0.717, 1.165) is 11.6 Å². The first-order valence-corrected chi connectivity index (χ1v) is 7.36. The third kappa shape index (κ3) is 3.51. The molecule has 0 spiro atoms. The molecule has 0 saturated heterocycles. The van der Waals surface area contributed by atoms with Crippen molar-refractivity contribution in [2.75, 3.05) is 0 Å². The van der Waals surface area contributed by atoms with Crippen LogP contribution in [-0.2, 0) is 0 Å². The fraction of sp³-hybridized carbons (Fsp3) is 0.200. The molecule has 1 nitrogen and oxygen atoms in total. The van der Waals surface area contributed by atoms with Gasteiger partial charge in [0.25, 0.3) is 0 Å². The lowest BCUT2D eigenvalue weighted by Crippen LogP contribution is -2.22. The van der Waals surface area contributed by atoms with Crippen molar-refractivity contribution in [3.8, 4) is 0 Å². The molecule has 0 amide bonds. The molecule has 2 aromatic rings. The van der Waals surface area contributed by atoms with Gasteiger partial charge < -0.3 is 5.73 Å². The molecule has 5 heteroatoms. The van der Waals surface area contributed by atoms with Crippen LogP contribution in [0.1, 0.15) is 17.7 Å². The molecule has 0 heterocycles.